The van der Waals surface area contributed by atoms with E-state index in [2.05, 4.69) is 10.3 Å². The van der Waals surface area contributed by atoms with E-state index in [4.69, 9.17) is 18.3 Å². The van der Waals surface area contributed by atoms with E-state index in [9.17, 15) is 4.79 Å². The number of aromatic nitrogens is 1. The van der Waals surface area contributed by atoms with E-state index in [0.717, 1.165) is 11.3 Å². The normalized spacial score (nSPS) is 10.6. The first kappa shape index (κ1) is 17.6. The van der Waals surface area contributed by atoms with Gasteiger partial charge in [0.1, 0.15) is 17.8 Å². The van der Waals surface area contributed by atoms with Crippen molar-refractivity contribution in [2.45, 2.75) is 27.0 Å². The fourth-order valence-corrected chi connectivity index (χ4v) is 2.35. The van der Waals surface area contributed by atoms with E-state index in [1.165, 1.54) is 6.26 Å². The van der Waals surface area contributed by atoms with Gasteiger partial charge in [-0.05, 0) is 43.7 Å². The Morgan fingerprint density at radius 2 is 2.04 bits per heavy atom. The summed E-state index contributed by atoms with van der Waals surface area (Å²) < 4.78 is 21.7. The molecule has 0 aliphatic heterocycles. The molecule has 0 bridgehead atoms. The first-order valence-corrected chi connectivity index (χ1v) is 8.10. The first-order valence-electron chi connectivity index (χ1n) is 8.10. The maximum absolute atomic E-state index is 12.1. The SMILES string of the molecule is COc1cc(C)ccc1OCc1nc(C(=O)NCc2ccc(C)o2)co1. The number of methoxy groups -OCH3 is 1. The lowest BCUT2D eigenvalue weighted by Crippen LogP contribution is -2.22. The van der Waals surface area contributed by atoms with Crippen molar-refractivity contribution in [3.05, 3.63) is 65.3 Å². The van der Waals surface area contributed by atoms with Gasteiger partial charge in [-0.25, -0.2) is 4.98 Å². The Hall–Kier alpha value is -3.22. The summed E-state index contributed by atoms with van der Waals surface area (Å²) >= 11 is 0. The zero-order valence-electron chi connectivity index (χ0n) is 14.9. The number of rotatable bonds is 7. The van der Waals surface area contributed by atoms with Crippen LogP contribution in [-0.2, 0) is 13.2 Å². The average Bonchev–Trinajstić information content (AvgIpc) is 3.27. The minimum atomic E-state index is -0.345. The highest BCUT2D eigenvalue weighted by atomic mass is 16.5. The van der Waals surface area contributed by atoms with Crippen LogP contribution in [-0.4, -0.2) is 18.0 Å². The Bertz CT molecular complexity index is 897. The van der Waals surface area contributed by atoms with Crippen LogP contribution in [0.2, 0.25) is 0 Å². The Morgan fingerprint density at radius 3 is 2.77 bits per heavy atom. The highest BCUT2D eigenvalue weighted by Crippen LogP contribution is 2.28. The summed E-state index contributed by atoms with van der Waals surface area (Å²) in [5.74, 6) is 2.63. The molecule has 0 fully saturated rings. The zero-order chi connectivity index (χ0) is 18.5. The molecule has 1 N–H and O–H groups in total. The predicted molar refractivity (Wildman–Crippen MR) is 93.2 cm³/mol. The van der Waals surface area contributed by atoms with Crippen molar-refractivity contribution >= 4 is 5.91 Å². The second-order valence-corrected chi connectivity index (χ2v) is 5.76. The monoisotopic (exact) mass is 356 g/mol. The van der Waals surface area contributed by atoms with Crippen molar-refractivity contribution in [2.24, 2.45) is 0 Å². The molecule has 3 aromatic rings. The van der Waals surface area contributed by atoms with Crippen LogP contribution in [0.5, 0.6) is 11.5 Å². The lowest BCUT2D eigenvalue weighted by Gasteiger charge is -2.09. The van der Waals surface area contributed by atoms with Crippen molar-refractivity contribution in [1.82, 2.24) is 10.3 Å². The van der Waals surface area contributed by atoms with Gasteiger partial charge in [0.15, 0.2) is 23.8 Å². The van der Waals surface area contributed by atoms with Gasteiger partial charge in [0.25, 0.3) is 5.91 Å². The standard InChI is InChI=1S/C19H20N2O5/c1-12-4-7-16(17(8-12)23-3)24-11-18-21-15(10-25-18)19(22)20-9-14-6-5-13(2)26-14/h4-8,10H,9,11H2,1-3H3,(H,20,22). The minimum absolute atomic E-state index is 0.0874. The molecule has 2 heterocycles. The van der Waals surface area contributed by atoms with Crippen molar-refractivity contribution in [3.8, 4) is 11.5 Å². The van der Waals surface area contributed by atoms with Gasteiger partial charge in [-0.15, -0.1) is 0 Å². The number of nitrogens with zero attached hydrogens (tertiary/aromatic N) is 1. The van der Waals surface area contributed by atoms with Crippen molar-refractivity contribution in [1.29, 1.82) is 0 Å². The molecule has 26 heavy (non-hydrogen) atoms. The van der Waals surface area contributed by atoms with Crippen LogP contribution in [0.4, 0.5) is 0 Å². The van der Waals surface area contributed by atoms with E-state index in [0.29, 0.717) is 23.1 Å². The number of aryl methyl sites for hydroxylation is 2. The molecule has 0 saturated heterocycles. The van der Waals surface area contributed by atoms with Crippen molar-refractivity contribution in [2.75, 3.05) is 7.11 Å². The number of carbonyl (C=O) groups is 1. The van der Waals surface area contributed by atoms with Crippen LogP contribution in [0.3, 0.4) is 0 Å². The molecule has 0 aliphatic carbocycles. The third-order valence-corrected chi connectivity index (χ3v) is 3.67. The first-order chi connectivity index (χ1) is 12.5. The van der Waals surface area contributed by atoms with Gasteiger partial charge in [-0.1, -0.05) is 6.07 Å². The van der Waals surface area contributed by atoms with Gasteiger partial charge in [0.05, 0.1) is 13.7 Å². The molecule has 0 saturated carbocycles. The minimum Gasteiger partial charge on any atom is -0.493 e. The maximum Gasteiger partial charge on any atom is 0.273 e. The summed E-state index contributed by atoms with van der Waals surface area (Å²) in [5.41, 5.74) is 1.25. The number of amides is 1. The van der Waals surface area contributed by atoms with Gasteiger partial charge in [0, 0.05) is 0 Å². The quantitative estimate of drug-likeness (QED) is 0.698. The molecule has 3 rings (SSSR count). The second kappa shape index (κ2) is 7.77. The number of hydrogen-bond acceptors (Lipinski definition) is 6. The van der Waals surface area contributed by atoms with Crippen molar-refractivity contribution in [3.63, 3.8) is 0 Å². The van der Waals surface area contributed by atoms with Crippen LogP contribution < -0.4 is 14.8 Å². The molecule has 0 spiro atoms. The lowest BCUT2D eigenvalue weighted by molar-refractivity contribution is 0.0942. The number of benzene rings is 1. The third kappa shape index (κ3) is 4.24. The summed E-state index contributed by atoms with van der Waals surface area (Å²) in [6.45, 7) is 4.18. The molecule has 0 unspecified atom stereocenters. The number of furan rings is 1. The van der Waals surface area contributed by atoms with E-state index in [1.54, 1.807) is 7.11 Å². The summed E-state index contributed by atoms with van der Waals surface area (Å²) in [7, 11) is 1.58. The van der Waals surface area contributed by atoms with Crippen LogP contribution in [0.25, 0.3) is 0 Å². The highest BCUT2D eigenvalue weighted by Gasteiger charge is 2.14. The Labute approximate surface area is 150 Å². The third-order valence-electron chi connectivity index (χ3n) is 3.67. The molecule has 2 aromatic heterocycles. The average molecular weight is 356 g/mol. The van der Waals surface area contributed by atoms with Gasteiger partial charge in [-0.3, -0.25) is 4.79 Å². The van der Waals surface area contributed by atoms with E-state index in [-0.39, 0.29) is 24.8 Å². The lowest BCUT2D eigenvalue weighted by atomic mass is 10.2. The zero-order valence-corrected chi connectivity index (χ0v) is 14.9. The molecule has 7 nitrogen and oxygen atoms in total. The topological polar surface area (TPSA) is 86.7 Å². The van der Waals surface area contributed by atoms with E-state index in [1.807, 2.05) is 44.2 Å². The van der Waals surface area contributed by atoms with Gasteiger partial charge < -0.3 is 23.6 Å². The van der Waals surface area contributed by atoms with Gasteiger partial charge >= 0.3 is 0 Å². The molecule has 0 atom stereocenters. The highest BCUT2D eigenvalue weighted by molar-refractivity contribution is 5.91. The van der Waals surface area contributed by atoms with E-state index < -0.39 is 0 Å². The van der Waals surface area contributed by atoms with Gasteiger partial charge in [-0.2, -0.15) is 0 Å². The fraction of sp³-hybridized carbons (Fsp3) is 0.263. The fourth-order valence-electron chi connectivity index (χ4n) is 2.35. The molecule has 0 radical (unpaired) electrons. The van der Waals surface area contributed by atoms with Crippen LogP contribution in [0.1, 0.15) is 33.5 Å². The number of hydrogen-bond donors (Lipinski definition) is 1. The smallest absolute Gasteiger partial charge is 0.273 e. The number of ether oxygens (including phenoxy) is 2. The Kier molecular flexibility index (Phi) is 5.26. The number of carbonyl (C=O) groups excluding carboxylic acids is 1. The largest absolute Gasteiger partial charge is 0.493 e. The molecule has 1 aromatic carbocycles. The summed E-state index contributed by atoms with van der Waals surface area (Å²) in [6.07, 6.45) is 1.30. The number of oxazole rings is 1. The molecular formula is C19H20N2O5. The summed E-state index contributed by atoms with van der Waals surface area (Å²) in [5, 5.41) is 2.72. The number of nitrogens with one attached hydrogen (secondary N) is 1. The van der Waals surface area contributed by atoms with Crippen LogP contribution in [0, 0.1) is 13.8 Å². The molecule has 136 valence electrons. The molecule has 1 amide bonds. The summed E-state index contributed by atoms with van der Waals surface area (Å²) in [4.78, 5) is 16.3. The molecule has 7 heteroatoms. The maximum atomic E-state index is 12.1. The Morgan fingerprint density at radius 1 is 1.19 bits per heavy atom. The summed E-state index contributed by atoms with van der Waals surface area (Å²) in [6, 6.07) is 9.26. The predicted octanol–water partition coefficient (Wildman–Crippen LogP) is 3.40. The second-order valence-electron chi connectivity index (χ2n) is 5.76. The van der Waals surface area contributed by atoms with Gasteiger partial charge in [0.2, 0.25) is 5.89 Å². The van der Waals surface area contributed by atoms with Crippen LogP contribution in [0.15, 0.2) is 45.4 Å². The van der Waals surface area contributed by atoms with Crippen molar-refractivity contribution < 1.29 is 23.1 Å². The molecule has 0 aliphatic rings. The van der Waals surface area contributed by atoms with Crippen LogP contribution >= 0.6 is 0 Å². The van der Waals surface area contributed by atoms with E-state index >= 15 is 0 Å². The Balaban J connectivity index is 1.56. The molecular weight excluding hydrogens is 336 g/mol.